The summed E-state index contributed by atoms with van der Waals surface area (Å²) in [5.74, 6) is -0.666. The number of benzene rings is 1. The standard InChI is InChI=1S/C14H16N2O5S/c1-9-13(10-4-6-11(21-3)7-5-10)22(19,20)16(14(9)18)8-12(17)15-2/h4-7H,8H2,1-3H3,(H,15,17). The summed E-state index contributed by atoms with van der Waals surface area (Å²) in [6.07, 6.45) is 0. The van der Waals surface area contributed by atoms with Crippen LogP contribution in [0.5, 0.6) is 5.75 Å². The Labute approximate surface area is 128 Å². The molecule has 1 aromatic rings. The molecule has 118 valence electrons. The molecule has 2 rings (SSSR count). The average molecular weight is 324 g/mol. The number of ether oxygens (including phenoxy) is 1. The molecule has 1 N–H and O–H groups in total. The van der Waals surface area contributed by atoms with Crippen LogP contribution in [0.4, 0.5) is 0 Å². The Kier molecular flexibility index (Phi) is 4.23. The Bertz CT molecular complexity index is 750. The average Bonchev–Trinajstić information content (AvgIpc) is 2.67. The predicted octanol–water partition coefficient (Wildman–Crippen LogP) is 0.344. The van der Waals surface area contributed by atoms with Gasteiger partial charge in [0.25, 0.3) is 15.9 Å². The summed E-state index contributed by atoms with van der Waals surface area (Å²) in [4.78, 5) is 23.5. The van der Waals surface area contributed by atoms with Crippen molar-refractivity contribution in [3.8, 4) is 5.75 Å². The maximum Gasteiger partial charge on any atom is 0.268 e. The van der Waals surface area contributed by atoms with Gasteiger partial charge in [0.15, 0.2) is 0 Å². The van der Waals surface area contributed by atoms with Gasteiger partial charge in [0.05, 0.1) is 7.11 Å². The van der Waals surface area contributed by atoms with E-state index >= 15 is 0 Å². The van der Waals surface area contributed by atoms with Crippen molar-refractivity contribution in [1.29, 1.82) is 0 Å². The number of amides is 2. The molecular formula is C14H16N2O5S. The molecule has 0 fully saturated rings. The van der Waals surface area contributed by atoms with Crippen molar-refractivity contribution < 1.29 is 22.7 Å². The van der Waals surface area contributed by atoms with Crippen LogP contribution in [0.2, 0.25) is 0 Å². The highest BCUT2D eigenvalue weighted by Crippen LogP contribution is 2.35. The molecule has 7 nitrogen and oxygen atoms in total. The fraction of sp³-hybridized carbons (Fsp3) is 0.286. The van der Waals surface area contributed by atoms with Crippen molar-refractivity contribution in [1.82, 2.24) is 9.62 Å². The molecule has 1 aromatic carbocycles. The van der Waals surface area contributed by atoms with Gasteiger partial charge in [0, 0.05) is 12.6 Å². The van der Waals surface area contributed by atoms with Crippen molar-refractivity contribution in [3.05, 3.63) is 35.4 Å². The van der Waals surface area contributed by atoms with Gasteiger partial charge in [-0.1, -0.05) is 0 Å². The second-order valence-corrected chi connectivity index (χ2v) is 6.47. The molecule has 1 aliphatic heterocycles. The fourth-order valence-electron chi connectivity index (χ4n) is 2.17. The Hall–Kier alpha value is -2.35. The third kappa shape index (κ3) is 2.57. The molecule has 1 aliphatic rings. The Morgan fingerprint density at radius 2 is 1.86 bits per heavy atom. The van der Waals surface area contributed by atoms with Crippen LogP contribution in [0.25, 0.3) is 4.91 Å². The van der Waals surface area contributed by atoms with Crippen LogP contribution in [-0.4, -0.2) is 45.2 Å². The van der Waals surface area contributed by atoms with Gasteiger partial charge >= 0.3 is 0 Å². The molecule has 0 saturated heterocycles. The maximum absolute atomic E-state index is 12.6. The lowest BCUT2D eigenvalue weighted by molar-refractivity contribution is -0.128. The van der Waals surface area contributed by atoms with E-state index in [9.17, 15) is 18.0 Å². The molecular weight excluding hydrogens is 308 g/mol. The number of sulfonamides is 1. The Morgan fingerprint density at radius 1 is 1.27 bits per heavy atom. The van der Waals surface area contributed by atoms with Gasteiger partial charge in [-0.15, -0.1) is 0 Å². The lowest BCUT2D eigenvalue weighted by Crippen LogP contribution is -2.39. The molecule has 8 heteroatoms. The predicted molar refractivity (Wildman–Crippen MR) is 80.3 cm³/mol. The fourth-order valence-corrected chi connectivity index (χ4v) is 3.94. The lowest BCUT2D eigenvalue weighted by atomic mass is 10.1. The summed E-state index contributed by atoms with van der Waals surface area (Å²) in [6.45, 7) is 0.901. The smallest absolute Gasteiger partial charge is 0.268 e. The van der Waals surface area contributed by atoms with Crippen LogP contribution in [0.3, 0.4) is 0 Å². The van der Waals surface area contributed by atoms with E-state index in [1.165, 1.54) is 21.1 Å². The second-order valence-electron chi connectivity index (χ2n) is 4.67. The molecule has 22 heavy (non-hydrogen) atoms. The first-order valence-corrected chi connectivity index (χ1v) is 7.90. The number of hydrogen-bond donors (Lipinski definition) is 1. The van der Waals surface area contributed by atoms with Crippen molar-refractivity contribution >= 4 is 26.7 Å². The molecule has 0 saturated carbocycles. The van der Waals surface area contributed by atoms with E-state index in [1.807, 2.05) is 0 Å². The van der Waals surface area contributed by atoms with Crippen LogP contribution in [0.15, 0.2) is 29.8 Å². The summed E-state index contributed by atoms with van der Waals surface area (Å²) >= 11 is 0. The molecule has 0 radical (unpaired) electrons. The number of nitrogens with one attached hydrogen (secondary N) is 1. The summed E-state index contributed by atoms with van der Waals surface area (Å²) in [5, 5.41) is 2.30. The molecule has 0 unspecified atom stereocenters. The first-order chi connectivity index (χ1) is 10.3. The van der Waals surface area contributed by atoms with Gasteiger partial charge in [-0.2, -0.15) is 0 Å². The lowest BCUT2D eigenvalue weighted by Gasteiger charge is -2.15. The van der Waals surface area contributed by atoms with Crippen molar-refractivity contribution in [2.45, 2.75) is 6.92 Å². The summed E-state index contributed by atoms with van der Waals surface area (Å²) in [7, 11) is -1.17. The molecule has 0 aromatic heterocycles. The highest BCUT2D eigenvalue weighted by Gasteiger charge is 2.42. The van der Waals surface area contributed by atoms with Gasteiger partial charge in [-0.3, -0.25) is 9.59 Å². The second kappa shape index (κ2) is 5.80. The third-order valence-corrected chi connectivity index (χ3v) is 5.29. The van der Waals surface area contributed by atoms with E-state index in [0.29, 0.717) is 15.6 Å². The van der Waals surface area contributed by atoms with E-state index in [0.717, 1.165) is 0 Å². The van der Waals surface area contributed by atoms with Crippen molar-refractivity contribution in [3.63, 3.8) is 0 Å². The summed E-state index contributed by atoms with van der Waals surface area (Å²) in [6, 6.07) is 6.34. The van der Waals surface area contributed by atoms with E-state index in [-0.39, 0.29) is 10.5 Å². The van der Waals surface area contributed by atoms with Crippen LogP contribution in [-0.2, 0) is 19.6 Å². The molecule has 2 amide bonds. The van der Waals surface area contributed by atoms with Crippen LogP contribution in [0, 0.1) is 0 Å². The van der Waals surface area contributed by atoms with Crippen LogP contribution < -0.4 is 10.1 Å². The highest BCUT2D eigenvalue weighted by atomic mass is 32.2. The zero-order valence-corrected chi connectivity index (χ0v) is 13.2. The Morgan fingerprint density at radius 3 is 2.36 bits per heavy atom. The number of methoxy groups -OCH3 is 1. The quantitative estimate of drug-likeness (QED) is 0.862. The van der Waals surface area contributed by atoms with E-state index < -0.39 is 28.4 Å². The summed E-state index contributed by atoms with van der Waals surface area (Å²) in [5.41, 5.74) is 0.472. The van der Waals surface area contributed by atoms with Crippen molar-refractivity contribution in [2.24, 2.45) is 0 Å². The summed E-state index contributed by atoms with van der Waals surface area (Å²) < 4.78 is 30.7. The third-order valence-electron chi connectivity index (χ3n) is 3.35. The Balaban J connectivity index is 2.46. The van der Waals surface area contributed by atoms with Gasteiger partial charge in [-0.05, 0) is 36.8 Å². The molecule has 0 aliphatic carbocycles. The molecule has 0 atom stereocenters. The maximum atomic E-state index is 12.6. The largest absolute Gasteiger partial charge is 0.497 e. The number of nitrogens with zero attached hydrogens (tertiary/aromatic N) is 1. The van der Waals surface area contributed by atoms with Gasteiger partial charge in [0.2, 0.25) is 5.91 Å². The van der Waals surface area contributed by atoms with E-state index in [4.69, 9.17) is 4.74 Å². The van der Waals surface area contributed by atoms with Crippen LogP contribution in [0.1, 0.15) is 12.5 Å². The van der Waals surface area contributed by atoms with Crippen molar-refractivity contribution in [2.75, 3.05) is 20.7 Å². The molecule has 0 bridgehead atoms. The van der Waals surface area contributed by atoms with Gasteiger partial charge in [0.1, 0.15) is 17.2 Å². The van der Waals surface area contributed by atoms with E-state index in [2.05, 4.69) is 5.32 Å². The number of hydrogen-bond acceptors (Lipinski definition) is 5. The molecule has 0 spiro atoms. The van der Waals surface area contributed by atoms with E-state index in [1.54, 1.807) is 24.3 Å². The normalized spacial score (nSPS) is 16.9. The zero-order valence-electron chi connectivity index (χ0n) is 12.4. The van der Waals surface area contributed by atoms with Gasteiger partial charge in [-0.25, -0.2) is 12.7 Å². The van der Waals surface area contributed by atoms with Crippen LogP contribution >= 0.6 is 0 Å². The highest BCUT2D eigenvalue weighted by molar-refractivity contribution is 7.99. The van der Waals surface area contributed by atoms with Gasteiger partial charge < -0.3 is 10.1 Å². The SMILES string of the molecule is CNC(=O)CN1C(=O)C(C)=C(c2ccc(OC)cc2)S1(=O)=O. The monoisotopic (exact) mass is 324 g/mol. The number of rotatable bonds is 4. The number of carbonyl (C=O) groups excluding carboxylic acids is 2. The first-order valence-electron chi connectivity index (χ1n) is 6.46. The minimum Gasteiger partial charge on any atom is -0.497 e. The zero-order chi connectivity index (χ0) is 16.5. The number of likely N-dealkylation sites (N-methyl/N-ethyl adjacent to an activating group) is 1. The minimum atomic E-state index is -4.04. The first kappa shape index (κ1) is 16.0. The molecule has 1 heterocycles. The minimum absolute atomic E-state index is 0.0796. The topological polar surface area (TPSA) is 92.8 Å². The number of carbonyl (C=O) groups is 2.